The van der Waals surface area contributed by atoms with E-state index in [4.69, 9.17) is 5.26 Å². The lowest BCUT2D eigenvalue weighted by molar-refractivity contribution is -0.137. The fourth-order valence-corrected chi connectivity index (χ4v) is 2.32. The number of hydrogen-bond acceptors (Lipinski definition) is 4. The normalized spacial score (nSPS) is 14.5. The Morgan fingerprint density at radius 3 is 2.39 bits per heavy atom. The zero-order valence-electron chi connectivity index (χ0n) is 11.9. The van der Waals surface area contributed by atoms with Crippen molar-refractivity contribution in [2.75, 3.05) is 18.0 Å². The van der Waals surface area contributed by atoms with Gasteiger partial charge in [-0.1, -0.05) is 0 Å². The third kappa shape index (κ3) is 3.01. The Morgan fingerprint density at radius 1 is 1.09 bits per heavy atom. The summed E-state index contributed by atoms with van der Waals surface area (Å²) in [6.45, 7) is 1.09. The Morgan fingerprint density at radius 2 is 1.83 bits per heavy atom. The summed E-state index contributed by atoms with van der Waals surface area (Å²) in [7, 11) is 0. The first kappa shape index (κ1) is 15.0. The van der Waals surface area contributed by atoms with Gasteiger partial charge in [0.2, 0.25) is 0 Å². The van der Waals surface area contributed by atoms with Gasteiger partial charge in [0.15, 0.2) is 0 Å². The molecule has 2 heterocycles. The fourth-order valence-electron chi connectivity index (χ4n) is 2.32. The van der Waals surface area contributed by atoms with Crippen molar-refractivity contribution in [2.45, 2.75) is 6.18 Å². The highest BCUT2D eigenvalue weighted by molar-refractivity contribution is 6.10. The second kappa shape index (κ2) is 5.72. The molecule has 1 aliphatic heterocycles. The van der Waals surface area contributed by atoms with Crippen molar-refractivity contribution < 1.29 is 13.2 Å². The maximum Gasteiger partial charge on any atom is 0.417 e. The number of anilines is 1. The molecule has 0 saturated carbocycles. The van der Waals surface area contributed by atoms with Gasteiger partial charge < -0.3 is 4.90 Å². The van der Waals surface area contributed by atoms with Crippen molar-refractivity contribution in [1.82, 2.24) is 4.98 Å². The molecule has 0 unspecified atom stereocenters. The molecule has 3 rings (SSSR count). The smallest absolute Gasteiger partial charge is 0.309 e. The SMILES string of the molecule is N#Cc1ccc(C2=NCCN2c2ccc(C(F)(F)F)cn2)cc1. The zero-order valence-corrected chi connectivity index (χ0v) is 11.9. The van der Waals surface area contributed by atoms with E-state index in [9.17, 15) is 13.2 Å². The number of amidine groups is 1. The number of nitrogens with zero attached hydrogens (tertiary/aromatic N) is 4. The van der Waals surface area contributed by atoms with Gasteiger partial charge in [0.05, 0.1) is 23.7 Å². The number of pyridine rings is 1. The summed E-state index contributed by atoms with van der Waals surface area (Å²) in [5, 5.41) is 8.82. The van der Waals surface area contributed by atoms with Gasteiger partial charge in [0, 0.05) is 18.3 Å². The van der Waals surface area contributed by atoms with Crippen molar-refractivity contribution in [3.63, 3.8) is 0 Å². The number of nitriles is 1. The Labute approximate surface area is 130 Å². The number of rotatable bonds is 2. The fraction of sp³-hybridized carbons (Fsp3) is 0.188. The summed E-state index contributed by atoms with van der Waals surface area (Å²) in [6, 6.07) is 11.3. The van der Waals surface area contributed by atoms with Crippen LogP contribution >= 0.6 is 0 Å². The first-order valence-electron chi connectivity index (χ1n) is 6.85. The first-order valence-corrected chi connectivity index (χ1v) is 6.85. The molecule has 0 aliphatic carbocycles. The molecule has 0 saturated heterocycles. The third-order valence-electron chi connectivity index (χ3n) is 3.46. The Kier molecular flexibility index (Phi) is 3.74. The van der Waals surface area contributed by atoms with Crippen LogP contribution in [0.25, 0.3) is 0 Å². The minimum atomic E-state index is -4.40. The molecule has 116 valence electrons. The third-order valence-corrected chi connectivity index (χ3v) is 3.46. The maximum absolute atomic E-state index is 12.6. The molecule has 4 nitrogen and oxygen atoms in total. The summed E-state index contributed by atoms with van der Waals surface area (Å²) >= 11 is 0. The molecule has 0 amide bonds. The van der Waals surface area contributed by atoms with E-state index in [-0.39, 0.29) is 0 Å². The van der Waals surface area contributed by atoms with Crippen molar-refractivity contribution in [1.29, 1.82) is 5.26 Å². The molecule has 0 atom stereocenters. The lowest BCUT2D eigenvalue weighted by Gasteiger charge is -2.20. The highest BCUT2D eigenvalue weighted by Gasteiger charge is 2.31. The molecule has 1 aromatic carbocycles. The van der Waals surface area contributed by atoms with E-state index < -0.39 is 11.7 Å². The van der Waals surface area contributed by atoms with Gasteiger partial charge >= 0.3 is 6.18 Å². The largest absolute Gasteiger partial charge is 0.417 e. The number of aliphatic imine (C=N–C) groups is 1. The Balaban J connectivity index is 1.88. The van der Waals surface area contributed by atoms with E-state index >= 15 is 0 Å². The lowest BCUT2D eigenvalue weighted by Crippen LogP contribution is -2.29. The number of hydrogen-bond donors (Lipinski definition) is 0. The van der Waals surface area contributed by atoms with E-state index in [1.807, 2.05) is 6.07 Å². The molecule has 0 spiro atoms. The molecule has 23 heavy (non-hydrogen) atoms. The Bertz CT molecular complexity index is 771. The van der Waals surface area contributed by atoms with Crippen LogP contribution in [0.3, 0.4) is 0 Å². The van der Waals surface area contributed by atoms with E-state index in [1.54, 1.807) is 29.2 Å². The maximum atomic E-state index is 12.6. The molecule has 0 bridgehead atoms. The lowest BCUT2D eigenvalue weighted by atomic mass is 10.1. The second-order valence-electron chi connectivity index (χ2n) is 4.95. The second-order valence-corrected chi connectivity index (χ2v) is 4.95. The van der Waals surface area contributed by atoms with Crippen molar-refractivity contribution in [3.05, 3.63) is 59.3 Å². The zero-order chi connectivity index (χ0) is 16.4. The molecule has 0 radical (unpaired) electrons. The quantitative estimate of drug-likeness (QED) is 0.854. The number of alkyl halides is 3. The summed E-state index contributed by atoms with van der Waals surface area (Å²) in [4.78, 5) is 10.1. The number of halogens is 3. The topological polar surface area (TPSA) is 52.3 Å². The average molecular weight is 316 g/mol. The van der Waals surface area contributed by atoms with E-state index in [1.165, 1.54) is 6.07 Å². The molecule has 1 aromatic heterocycles. The van der Waals surface area contributed by atoms with Crippen molar-refractivity contribution in [3.8, 4) is 6.07 Å². The molecular weight excluding hydrogens is 305 g/mol. The molecule has 0 N–H and O–H groups in total. The van der Waals surface area contributed by atoms with Gasteiger partial charge in [-0.3, -0.25) is 4.99 Å². The summed E-state index contributed by atoms with van der Waals surface area (Å²) < 4.78 is 37.8. The van der Waals surface area contributed by atoms with Crippen LogP contribution in [0, 0.1) is 11.3 Å². The minimum absolute atomic E-state index is 0.415. The minimum Gasteiger partial charge on any atom is -0.309 e. The summed E-state index contributed by atoms with van der Waals surface area (Å²) in [6.07, 6.45) is -3.58. The van der Waals surface area contributed by atoms with Crippen LogP contribution in [-0.2, 0) is 6.18 Å². The van der Waals surface area contributed by atoms with Gasteiger partial charge in [0.25, 0.3) is 0 Å². The van der Waals surface area contributed by atoms with Crippen molar-refractivity contribution in [2.24, 2.45) is 4.99 Å². The van der Waals surface area contributed by atoms with Gasteiger partial charge in [-0.25, -0.2) is 4.98 Å². The molecular formula is C16H11F3N4. The van der Waals surface area contributed by atoms with Crippen LogP contribution in [-0.4, -0.2) is 23.9 Å². The Hall–Kier alpha value is -2.88. The van der Waals surface area contributed by atoms with Crippen molar-refractivity contribution >= 4 is 11.7 Å². The van der Waals surface area contributed by atoms with E-state index in [2.05, 4.69) is 9.98 Å². The highest BCUT2D eigenvalue weighted by atomic mass is 19.4. The van der Waals surface area contributed by atoms with Gasteiger partial charge in [-0.05, 0) is 36.4 Å². The average Bonchev–Trinajstić information content (AvgIpc) is 3.04. The standard InChI is InChI=1S/C16H11F3N4/c17-16(18,19)13-5-6-14(22-10-13)23-8-7-21-15(23)12-3-1-11(9-20)2-4-12/h1-6,10H,7-8H2. The first-order chi connectivity index (χ1) is 11.0. The van der Waals surface area contributed by atoms with E-state index in [0.29, 0.717) is 30.3 Å². The van der Waals surface area contributed by atoms with Crippen LogP contribution < -0.4 is 4.90 Å². The molecule has 1 aliphatic rings. The number of aromatic nitrogens is 1. The molecule has 7 heteroatoms. The molecule has 2 aromatic rings. The summed E-state index contributed by atoms with van der Waals surface area (Å²) in [5.74, 6) is 1.06. The van der Waals surface area contributed by atoms with Crippen LogP contribution in [0.5, 0.6) is 0 Å². The van der Waals surface area contributed by atoms with E-state index in [0.717, 1.165) is 17.8 Å². The highest BCUT2D eigenvalue weighted by Crippen LogP contribution is 2.30. The van der Waals surface area contributed by atoms with Crippen LogP contribution in [0.15, 0.2) is 47.6 Å². The molecule has 0 fully saturated rings. The van der Waals surface area contributed by atoms with Crippen LogP contribution in [0.4, 0.5) is 19.0 Å². The monoisotopic (exact) mass is 316 g/mol. The summed E-state index contributed by atoms with van der Waals surface area (Å²) in [5.41, 5.74) is 0.548. The van der Waals surface area contributed by atoms with Crippen LogP contribution in [0.2, 0.25) is 0 Å². The predicted octanol–water partition coefficient (Wildman–Crippen LogP) is 3.24. The predicted molar refractivity (Wildman–Crippen MR) is 79.1 cm³/mol. The van der Waals surface area contributed by atoms with Gasteiger partial charge in [0.1, 0.15) is 11.7 Å². The van der Waals surface area contributed by atoms with Crippen LogP contribution in [0.1, 0.15) is 16.7 Å². The van der Waals surface area contributed by atoms with Gasteiger partial charge in [-0.2, -0.15) is 18.4 Å². The van der Waals surface area contributed by atoms with Gasteiger partial charge in [-0.15, -0.1) is 0 Å². The number of benzene rings is 1.